The molecule has 0 heterocycles. The number of Topliss-reactive ketones (excluding diaryl/α,β-unsaturated/α-hetero) is 1. The van der Waals surface area contributed by atoms with Gasteiger partial charge in [0.25, 0.3) is 0 Å². The molecule has 2 aliphatic rings. The van der Waals surface area contributed by atoms with Gasteiger partial charge in [-0.15, -0.1) is 0 Å². The molecule has 5 heteroatoms. The maximum Gasteiger partial charge on any atom is 0.227 e. The average Bonchev–Trinajstić information content (AvgIpc) is 2.46. The van der Waals surface area contributed by atoms with Gasteiger partial charge in [-0.05, 0) is 62.2 Å². The number of carbonyl (C=O) groups is 1. The highest BCUT2D eigenvalue weighted by Crippen LogP contribution is 2.62. The number of nitrogens with zero attached hydrogens (tertiary/aromatic N) is 1. The Bertz CT molecular complexity index is 568. The first-order valence-corrected chi connectivity index (χ1v) is 11.0. The zero-order valence-electron chi connectivity index (χ0n) is 15.6. The minimum absolute atomic E-state index is 0.101. The Kier molecular flexibility index (Phi) is 5.39. The number of ketones is 1. The highest BCUT2D eigenvalue weighted by molar-refractivity contribution is 7.61. The summed E-state index contributed by atoms with van der Waals surface area (Å²) in [5.41, 5.74) is 0.377. The summed E-state index contributed by atoms with van der Waals surface area (Å²) >= 11 is 0. The van der Waals surface area contributed by atoms with Gasteiger partial charge in [0.1, 0.15) is 10.9 Å². The lowest BCUT2D eigenvalue weighted by Crippen LogP contribution is -2.38. The number of carbonyl (C=O) groups excluding carboxylic acids is 1. The summed E-state index contributed by atoms with van der Waals surface area (Å²) in [5, 5.41) is 8.43. The van der Waals surface area contributed by atoms with Gasteiger partial charge in [-0.25, -0.2) is 0 Å². The molecule has 1 atom stereocenters. The molecule has 2 aliphatic carbocycles. The molecule has 1 N–H and O–H groups in total. The molecule has 0 aromatic rings. The standard InChI is InChI=1S/C19H32NO3P/c1-17(2)7-5-15(6-8-17)16(21)13-24(22,23)19(14-20)11-9-18(3,4)10-12-19/h15H,5-13H2,1-4H3,(H,22,23). The van der Waals surface area contributed by atoms with Crippen molar-refractivity contribution in [1.29, 1.82) is 5.26 Å². The summed E-state index contributed by atoms with van der Waals surface area (Å²) < 4.78 is 13.0. The van der Waals surface area contributed by atoms with E-state index in [1.165, 1.54) is 0 Å². The fraction of sp³-hybridized carbons (Fsp3) is 0.895. The predicted molar refractivity (Wildman–Crippen MR) is 96.0 cm³/mol. The molecule has 2 rings (SSSR count). The maximum atomic E-state index is 13.0. The molecule has 0 radical (unpaired) electrons. The van der Waals surface area contributed by atoms with Crippen LogP contribution in [0.4, 0.5) is 0 Å². The third-order valence-electron chi connectivity index (χ3n) is 6.47. The van der Waals surface area contributed by atoms with E-state index in [4.69, 9.17) is 0 Å². The first-order valence-electron chi connectivity index (χ1n) is 9.18. The van der Waals surface area contributed by atoms with Gasteiger partial charge >= 0.3 is 0 Å². The van der Waals surface area contributed by atoms with Crippen LogP contribution in [0.25, 0.3) is 0 Å². The second-order valence-corrected chi connectivity index (χ2v) is 12.1. The monoisotopic (exact) mass is 353 g/mol. The van der Waals surface area contributed by atoms with Crippen LogP contribution < -0.4 is 0 Å². The fourth-order valence-electron chi connectivity index (χ4n) is 4.09. The Morgan fingerprint density at radius 3 is 1.96 bits per heavy atom. The molecule has 4 nitrogen and oxygen atoms in total. The summed E-state index contributed by atoms with van der Waals surface area (Å²) in [5.74, 6) is -0.204. The van der Waals surface area contributed by atoms with E-state index in [0.29, 0.717) is 12.8 Å². The van der Waals surface area contributed by atoms with Crippen molar-refractivity contribution in [3.63, 3.8) is 0 Å². The van der Waals surface area contributed by atoms with Crippen LogP contribution in [-0.4, -0.2) is 22.0 Å². The van der Waals surface area contributed by atoms with E-state index in [-0.39, 0.29) is 28.7 Å². The number of rotatable bonds is 4. The van der Waals surface area contributed by atoms with Crippen molar-refractivity contribution in [2.45, 2.75) is 84.2 Å². The second kappa shape index (κ2) is 6.58. The molecule has 0 spiro atoms. The fourth-order valence-corrected chi connectivity index (χ4v) is 6.15. The topological polar surface area (TPSA) is 78.2 Å². The minimum atomic E-state index is -3.82. The molecule has 0 aliphatic heterocycles. The van der Waals surface area contributed by atoms with Crippen LogP contribution in [0.5, 0.6) is 0 Å². The summed E-state index contributed by atoms with van der Waals surface area (Å²) in [6.45, 7) is 8.68. The number of hydrogen-bond donors (Lipinski definition) is 1. The van der Waals surface area contributed by atoms with Crippen molar-refractivity contribution < 1.29 is 14.3 Å². The second-order valence-electron chi connectivity index (χ2n) is 9.57. The van der Waals surface area contributed by atoms with E-state index in [1.807, 2.05) is 0 Å². The zero-order valence-corrected chi connectivity index (χ0v) is 16.5. The zero-order chi connectivity index (χ0) is 18.2. The first kappa shape index (κ1) is 19.7. The van der Waals surface area contributed by atoms with Crippen LogP contribution in [0, 0.1) is 28.1 Å². The molecular formula is C19H32NO3P. The van der Waals surface area contributed by atoms with Crippen molar-refractivity contribution >= 4 is 13.2 Å². The van der Waals surface area contributed by atoms with Gasteiger partial charge < -0.3 is 4.89 Å². The molecule has 0 aromatic heterocycles. The molecule has 2 saturated carbocycles. The normalized spacial score (nSPS) is 28.5. The molecule has 24 heavy (non-hydrogen) atoms. The van der Waals surface area contributed by atoms with Crippen molar-refractivity contribution in [1.82, 2.24) is 0 Å². The summed E-state index contributed by atoms with van der Waals surface area (Å²) in [6.07, 6.45) is 5.63. The van der Waals surface area contributed by atoms with Gasteiger partial charge in [-0.3, -0.25) is 9.36 Å². The van der Waals surface area contributed by atoms with Crippen LogP contribution >= 0.6 is 7.37 Å². The van der Waals surface area contributed by atoms with E-state index >= 15 is 0 Å². The third kappa shape index (κ3) is 4.12. The molecule has 0 bridgehead atoms. The molecule has 0 aromatic carbocycles. The van der Waals surface area contributed by atoms with Crippen LogP contribution in [0.15, 0.2) is 0 Å². The van der Waals surface area contributed by atoms with Crippen molar-refractivity contribution in [3.8, 4) is 6.07 Å². The lowest BCUT2D eigenvalue weighted by molar-refractivity contribution is -0.122. The Morgan fingerprint density at radius 2 is 1.50 bits per heavy atom. The van der Waals surface area contributed by atoms with Crippen LogP contribution in [0.1, 0.15) is 79.1 Å². The van der Waals surface area contributed by atoms with E-state index in [0.717, 1.165) is 38.5 Å². The molecule has 0 saturated heterocycles. The maximum absolute atomic E-state index is 13.0. The molecule has 0 amide bonds. The molecule has 136 valence electrons. The average molecular weight is 353 g/mol. The van der Waals surface area contributed by atoms with Crippen molar-refractivity contribution in [3.05, 3.63) is 0 Å². The lowest BCUT2D eigenvalue weighted by atomic mass is 9.72. The van der Waals surface area contributed by atoms with Crippen molar-refractivity contribution in [2.75, 3.05) is 6.16 Å². The Morgan fingerprint density at radius 1 is 1.04 bits per heavy atom. The Labute approximate surface area is 146 Å². The van der Waals surface area contributed by atoms with Gasteiger partial charge in [-0.2, -0.15) is 5.26 Å². The van der Waals surface area contributed by atoms with E-state index in [2.05, 4.69) is 33.8 Å². The number of nitriles is 1. The van der Waals surface area contributed by atoms with Crippen LogP contribution in [0.2, 0.25) is 0 Å². The van der Waals surface area contributed by atoms with E-state index < -0.39 is 12.5 Å². The van der Waals surface area contributed by atoms with Gasteiger partial charge in [0, 0.05) is 5.92 Å². The third-order valence-corrected chi connectivity index (χ3v) is 9.10. The SMILES string of the molecule is CC1(C)CCC(C(=O)CP(=O)(O)C2(C#N)CCC(C)(C)CC2)CC1. The van der Waals surface area contributed by atoms with Gasteiger partial charge in [0.2, 0.25) is 7.37 Å². The summed E-state index contributed by atoms with van der Waals surface area (Å²) in [6, 6.07) is 2.15. The highest BCUT2D eigenvalue weighted by atomic mass is 31.2. The Hall–Kier alpha value is -0.650. The Balaban J connectivity index is 2.06. The lowest BCUT2D eigenvalue weighted by Gasteiger charge is -2.41. The summed E-state index contributed by atoms with van der Waals surface area (Å²) in [7, 11) is -3.82. The van der Waals surface area contributed by atoms with Crippen molar-refractivity contribution in [2.24, 2.45) is 16.7 Å². The van der Waals surface area contributed by atoms with E-state index in [1.54, 1.807) is 0 Å². The van der Waals surface area contributed by atoms with Gasteiger partial charge in [-0.1, -0.05) is 27.7 Å². The smallest absolute Gasteiger partial charge is 0.227 e. The quantitative estimate of drug-likeness (QED) is 0.729. The largest absolute Gasteiger partial charge is 0.343 e. The molecular weight excluding hydrogens is 321 g/mol. The van der Waals surface area contributed by atoms with Gasteiger partial charge in [0.15, 0.2) is 0 Å². The summed E-state index contributed by atoms with van der Waals surface area (Å²) in [4.78, 5) is 23.3. The molecule has 1 unspecified atom stereocenters. The first-order chi connectivity index (χ1) is 10.9. The number of hydrogen-bond acceptors (Lipinski definition) is 3. The molecule has 2 fully saturated rings. The predicted octanol–water partition coefficient (Wildman–Crippen LogP) is 4.90. The van der Waals surface area contributed by atoms with Gasteiger partial charge in [0.05, 0.1) is 12.2 Å². The highest BCUT2D eigenvalue weighted by Gasteiger charge is 2.52. The van der Waals surface area contributed by atoms with Crippen LogP contribution in [-0.2, 0) is 9.36 Å². The van der Waals surface area contributed by atoms with Crippen LogP contribution in [0.3, 0.4) is 0 Å². The minimum Gasteiger partial charge on any atom is -0.343 e. The van der Waals surface area contributed by atoms with E-state index in [9.17, 15) is 19.5 Å².